The zero-order valence-electron chi connectivity index (χ0n) is 36.5. The van der Waals surface area contributed by atoms with Gasteiger partial charge in [0.25, 0.3) is 0 Å². The van der Waals surface area contributed by atoms with Gasteiger partial charge in [-0.25, -0.2) is 0 Å². The van der Waals surface area contributed by atoms with E-state index in [4.69, 9.17) is 9.47 Å². The molecule has 7 heteroatoms. The molecular weight excluding hydrogens is 661 g/mol. The number of nitrogens with zero attached hydrogens (tertiary/aromatic N) is 2. The molecule has 0 rings (SSSR count). The third-order valence-electron chi connectivity index (χ3n) is 11.1. The predicted molar refractivity (Wildman–Crippen MR) is 225 cm³/mol. The number of carbonyl (C=O) groups excluding carboxylic acids is 3. The molecule has 53 heavy (non-hydrogen) atoms. The van der Waals surface area contributed by atoms with Crippen molar-refractivity contribution in [1.82, 2.24) is 9.80 Å². The Morgan fingerprint density at radius 2 is 0.792 bits per heavy atom. The first kappa shape index (κ1) is 51.4. The van der Waals surface area contributed by atoms with E-state index in [-0.39, 0.29) is 48.8 Å². The standard InChI is InChI=1S/C46H90N2O5/c1-8-14-18-22-24-28-32-42(30-26-20-16-10-3)45(50)52-39-37-48(44(49)41(7)34-36-47(13-6)35-12-5)38-40-53-46(51)43(31-27-21-17-11-4)33-29-25-23-19-15-9-2/h41-43H,8-40H2,1-7H3. The highest BCUT2D eigenvalue weighted by atomic mass is 16.5. The van der Waals surface area contributed by atoms with Crippen LogP contribution in [0.5, 0.6) is 0 Å². The van der Waals surface area contributed by atoms with Gasteiger partial charge in [-0.3, -0.25) is 14.4 Å². The van der Waals surface area contributed by atoms with E-state index in [2.05, 4.69) is 46.4 Å². The average Bonchev–Trinajstić information content (AvgIpc) is 3.16. The second kappa shape index (κ2) is 37.3. The van der Waals surface area contributed by atoms with Gasteiger partial charge in [-0.05, 0) is 58.2 Å². The Kier molecular flexibility index (Phi) is 36.2. The third kappa shape index (κ3) is 28.4. The van der Waals surface area contributed by atoms with E-state index in [0.717, 1.165) is 96.7 Å². The molecule has 0 spiro atoms. The van der Waals surface area contributed by atoms with Crippen LogP contribution in [0.4, 0.5) is 0 Å². The van der Waals surface area contributed by atoms with Gasteiger partial charge in [-0.15, -0.1) is 0 Å². The minimum absolute atomic E-state index is 0.0519. The molecule has 0 aliphatic carbocycles. The molecule has 1 amide bonds. The van der Waals surface area contributed by atoms with Crippen LogP contribution in [0.15, 0.2) is 0 Å². The van der Waals surface area contributed by atoms with Crippen LogP contribution < -0.4 is 0 Å². The molecule has 314 valence electrons. The maximum atomic E-state index is 13.9. The van der Waals surface area contributed by atoms with Crippen molar-refractivity contribution in [3.8, 4) is 0 Å². The van der Waals surface area contributed by atoms with Crippen LogP contribution in [0.25, 0.3) is 0 Å². The summed E-state index contributed by atoms with van der Waals surface area (Å²) in [6.07, 6.45) is 29.1. The smallest absolute Gasteiger partial charge is 0.308 e. The lowest BCUT2D eigenvalue weighted by Gasteiger charge is -2.28. The molecule has 0 N–H and O–H groups in total. The fraction of sp³-hybridized carbons (Fsp3) is 0.935. The normalized spacial score (nSPS) is 13.2. The zero-order valence-corrected chi connectivity index (χ0v) is 36.5. The maximum Gasteiger partial charge on any atom is 0.308 e. The van der Waals surface area contributed by atoms with Gasteiger partial charge < -0.3 is 19.3 Å². The van der Waals surface area contributed by atoms with Crippen molar-refractivity contribution in [2.75, 3.05) is 45.9 Å². The maximum absolute atomic E-state index is 13.9. The minimum Gasteiger partial charge on any atom is -0.464 e. The molecule has 0 radical (unpaired) electrons. The van der Waals surface area contributed by atoms with Crippen LogP contribution in [-0.2, 0) is 23.9 Å². The average molecular weight is 751 g/mol. The fourth-order valence-corrected chi connectivity index (χ4v) is 7.37. The number of rotatable bonds is 39. The van der Waals surface area contributed by atoms with Gasteiger partial charge in [0.1, 0.15) is 13.2 Å². The summed E-state index contributed by atoms with van der Waals surface area (Å²) in [7, 11) is 0. The van der Waals surface area contributed by atoms with E-state index in [1.165, 1.54) is 89.9 Å². The Labute approximate surface area is 329 Å². The number of ether oxygens (including phenoxy) is 2. The number of esters is 2. The first-order chi connectivity index (χ1) is 25.8. The molecule has 3 atom stereocenters. The molecule has 0 saturated heterocycles. The largest absolute Gasteiger partial charge is 0.464 e. The fourth-order valence-electron chi connectivity index (χ4n) is 7.37. The second-order valence-electron chi connectivity index (χ2n) is 16.0. The van der Waals surface area contributed by atoms with Crippen LogP contribution in [0.2, 0.25) is 0 Å². The second-order valence-corrected chi connectivity index (χ2v) is 16.0. The molecule has 0 aromatic heterocycles. The number of hydrogen-bond acceptors (Lipinski definition) is 6. The molecule has 0 aliphatic heterocycles. The van der Waals surface area contributed by atoms with Crippen molar-refractivity contribution >= 4 is 17.8 Å². The predicted octanol–water partition coefficient (Wildman–Crippen LogP) is 12.3. The summed E-state index contributed by atoms with van der Waals surface area (Å²) >= 11 is 0. The number of hydrogen-bond donors (Lipinski definition) is 0. The lowest BCUT2D eigenvalue weighted by atomic mass is 9.94. The van der Waals surface area contributed by atoms with Crippen LogP contribution >= 0.6 is 0 Å². The van der Waals surface area contributed by atoms with Crippen molar-refractivity contribution in [2.45, 2.75) is 215 Å². The molecule has 0 bridgehead atoms. The summed E-state index contributed by atoms with van der Waals surface area (Å²) in [6, 6.07) is 0. The molecule has 0 aromatic rings. The van der Waals surface area contributed by atoms with Gasteiger partial charge >= 0.3 is 11.9 Å². The Morgan fingerprint density at radius 1 is 0.434 bits per heavy atom. The topological polar surface area (TPSA) is 76.1 Å². The van der Waals surface area contributed by atoms with Gasteiger partial charge in [0.15, 0.2) is 0 Å². The lowest BCUT2D eigenvalue weighted by molar-refractivity contribution is -0.153. The van der Waals surface area contributed by atoms with Gasteiger partial charge in [0.05, 0.1) is 24.9 Å². The minimum atomic E-state index is -0.162. The van der Waals surface area contributed by atoms with Gasteiger partial charge in [0, 0.05) is 5.92 Å². The summed E-state index contributed by atoms with van der Waals surface area (Å²) in [5.41, 5.74) is 0. The quantitative estimate of drug-likeness (QED) is 0.0460. The zero-order chi connectivity index (χ0) is 39.4. The summed E-state index contributed by atoms with van der Waals surface area (Å²) in [4.78, 5) is 44.8. The summed E-state index contributed by atoms with van der Waals surface area (Å²) in [5, 5.41) is 0. The van der Waals surface area contributed by atoms with Gasteiger partial charge in [-0.2, -0.15) is 0 Å². The van der Waals surface area contributed by atoms with Crippen molar-refractivity contribution in [1.29, 1.82) is 0 Å². The van der Waals surface area contributed by atoms with Crippen molar-refractivity contribution in [3.63, 3.8) is 0 Å². The first-order valence-corrected chi connectivity index (χ1v) is 23.1. The van der Waals surface area contributed by atoms with E-state index in [1.807, 2.05) is 6.92 Å². The molecule has 3 unspecified atom stereocenters. The monoisotopic (exact) mass is 751 g/mol. The first-order valence-electron chi connectivity index (χ1n) is 23.1. The molecular formula is C46H90N2O5. The van der Waals surface area contributed by atoms with Crippen LogP contribution in [0, 0.1) is 17.8 Å². The van der Waals surface area contributed by atoms with Crippen molar-refractivity contribution in [2.24, 2.45) is 17.8 Å². The number of unbranched alkanes of at least 4 members (excludes halogenated alkanes) is 16. The Hall–Kier alpha value is -1.63. The summed E-state index contributed by atoms with van der Waals surface area (Å²) < 4.78 is 11.9. The molecule has 7 nitrogen and oxygen atoms in total. The third-order valence-corrected chi connectivity index (χ3v) is 11.1. The van der Waals surface area contributed by atoms with Gasteiger partial charge in [-0.1, -0.05) is 177 Å². The van der Waals surface area contributed by atoms with Crippen LogP contribution in [-0.4, -0.2) is 73.6 Å². The van der Waals surface area contributed by atoms with Crippen LogP contribution in [0.1, 0.15) is 215 Å². The highest BCUT2D eigenvalue weighted by molar-refractivity contribution is 5.78. The highest BCUT2D eigenvalue weighted by Crippen LogP contribution is 2.22. The SMILES string of the molecule is CCCCCCCCC(CCCCCC)C(=O)OCCN(CCOC(=O)C(CCCCCC)CCCCCCCC)C(=O)C(C)CCN(CC)CCC. The number of amides is 1. The van der Waals surface area contributed by atoms with E-state index < -0.39 is 0 Å². The Balaban J connectivity index is 5.47. The highest BCUT2D eigenvalue weighted by Gasteiger charge is 2.25. The molecule has 0 fully saturated rings. The molecule has 0 heterocycles. The van der Waals surface area contributed by atoms with Crippen molar-refractivity contribution in [3.05, 3.63) is 0 Å². The van der Waals surface area contributed by atoms with E-state index >= 15 is 0 Å². The summed E-state index contributed by atoms with van der Waals surface area (Å²) in [5.74, 6) is -0.467. The number of carbonyl (C=O) groups is 3. The van der Waals surface area contributed by atoms with E-state index in [0.29, 0.717) is 13.1 Å². The Bertz CT molecular complexity index is 802. The Morgan fingerprint density at radius 3 is 1.15 bits per heavy atom. The molecule has 0 aliphatic rings. The summed E-state index contributed by atoms with van der Waals surface area (Å²) in [6.45, 7) is 19.2. The van der Waals surface area contributed by atoms with E-state index in [9.17, 15) is 14.4 Å². The lowest BCUT2D eigenvalue weighted by Crippen LogP contribution is -2.41. The van der Waals surface area contributed by atoms with Crippen LogP contribution in [0.3, 0.4) is 0 Å². The van der Waals surface area contributed by atoms with Gasteiger partial charge in [0.2, 0.25) is 5.91 Å². The molecule has 0 saturated carbocycles. The molecule has 0 aromatic carbocycles. The van der Waals surface area contributed by atoms with Crippen molar-refractivity contribution < 1.29 is 23.9 Å². The van der Waals surface area contributed by atoms with E-state index in [1.54, 1.807) is 4.90 Å².